The number of hydrogen-bond donors (Lipinski definition) is 0. The fourth-order valence-electron chi connectivity index (χ4n) is 3.24. The third kappa shape index (κ3) is 5.15. The minimum absolute atomic E-state index is 0.00297. The average molecular weight is 391 g/mol. The number of benzene rings is 1. The summed E-state index contributed by atoms with van der Waals surface area (Å²) in [5, 5.41) is 0.00297. The Morgan fingerprint density at radius 1 is 1.11 bits per heavy atom. The Kier molecular flexibility index (Phi) is 6.60. The Hall–Kier alpha value is -2.22. The third-order valence-electron chi connectivity index (χ3n) is 4.80. The van der Waals surface area contributed by atoms with Crippen molar-refractivity contribution in [2.24, 2.45) is 0 Å². The summed E-state index contributed by atoms with van der Waals surface area (Å²) in [5.74, 6) is 0.157. The minimum atomic E-state index is -0.801. The van der Waals surface area contributed by atoms with Crippen LogP contribution < -0.4 is 4.90 Å². The first-order valence-corrected chi connectivity index (χ1v) is 10.2. The van der Waals surface area contributed by atoms with Gasteiger partial charge in [-0.05, 0) is 19.1 Å². The summed E-state index contributed by atoms with van der Waals surface area (Å²) < 4.78 is 5.28. The number of esters is 1. The lowest BCUT2D eigenvalue weighted by Crippen LogP contribution is -2.51. The molecule has 1 aromatic rings. The van der Waals surface area contributed by atoms with Crippen LogP contribution in [-0.4, -0.2) is 78.0 Å². The van der Waals surface area contributed by atoms with Crippen molar-refractivity contribution in [3.8, 4) is 0 Å². The van der Waals surface area contributed by atoms with Crippen LogP contribution in [0.1, 0.15) is 13.3 Å². The summed E-state index contributed by atoms with van der Waals surface area (Å²) >= 11 is 1.26. The molecule has 0 radical (unpaired) electrons. The Bertz CT molecular complexity index is 677. The quantitative estimate of drug-likeness (QED) is 0.689. The lowest BCUT2D eigenvalue weighted by Gasteiger charge is -2.37. The van der Waals surface area contributed by atoms with Crippen molar-refractivity contribution in [2.45, 2.75) is 19.4 Å². The van der Waals surface area contributed by atoms with E-state index in [2.05, 4.69) is 17.0 Å². The van der Waals surface area contributed by atoms with Crippen molar-refractivity contribution in [3.63, 3.8) is 0 Å². The average Bonchev–Trinajstić information content (AvgIpc) is 3.11. The smallest absolute Gasteiger partial charge is 0.308 e. The number of carbonyl (C=O) groups is 3. The number of hydrogen-bond acceptors (Lipinski definition) is 6. The van der Waals surface area contributed by atoms with Crippen molar-refractivity contribution in [3.05, 3.63) is 30.3 Å². The number of amides is 2. The zero-order chi connectivity index (χ0) is 19.2. The number of carbonyl (C=O) groups excluding carboxylic acids is 3. The van der Waals surface area contributed by atoms with Gasteiger partial charge in [0.2, 0.25) is 0 Å². The molecule has 8 heteroatoms. The van der Waals surface area contributed by atoms with Crippen molar-refractivity contribution in [2.75, 3.05) is 49.9 Å². The van der Waals surface area contributed by atoms with E-state index in [0.29, 0.717) is 26.2 Å². The molecule has 2 saturated heterocycles. The van der Waals surface area contributed by atoms with E-state index in [4.69, 9.17) is 4.74 Å². The molecule has 0 aliphatic carbocycles. The topological polar surface area (TPSA) is 70.2 Å². The SMILES string of the molecule is CC(OC(=O)CCN1CCSC1=O)C(=O)N1CCN(c2ccccc2)CC1. The first-order chi connectivity index (χ1) is 13.0. The highest BCUT2D eigenvalue weighted by Gasteiger charge is 2.28. The molecular formula is C19H25N3O4S. The molecule has 2 amide bonds. The van der Waals surface area contributed by atoms with E-state index in [1.165, 1.54) is 11.8 Å². The van der Waals surface area contributed by atoms with Gasteiger partial charge in [0.1, 0.15) is 0 Å². The second-order valence-corrected chi connectivity index (χ2v) is 7.68. The Morgan fingerprint density at radius 2 is 1.81 bits per heavy atom. The zero-order valence-corrected chi connectivity index (χ0v) is 16.3. The standard InChI is InChI=1S/C19H25N3O4S/c1-15(26-17(23)7-8-22-13-14-27-19(22)25)18(24)21-11-9-20(10-12-21)16-5-3-2-4-6-16/h2-6,15H,7-14H2,1H3. The molecule has 2 aliphatic heterocycles. The molecule has 0 N–H and O–H groups in total. The first-order valence-electron chi connectivity index (χ1n) is 9.24. The molecule has 146 valence electrons. The van der Waals surface area contributed by atoms with E-state index in [-0.39, 0.29) is 17.6 Å². The van der Waals surface area contributed by atoms with E-state index in [9.17, 15) is 14.4 Å². The van der Waals surface area contributed by atoms with Crippen LogP contribution in [0.3, 0.4) is 0 Å². The van der Waals surface area contributed by atoms with E-state index < -0.39 is 12.1 Å². The van der Waals surface area contributed by atoms with Crippen LogP contribution in [0.15, 0.2) is 30.3 Å². The van der Waals surface area contributed by atoms with Crippen molar-refractivity contribution in [1.29, 1.82) is 0 Å². The second-order valence-electron chi connectivity index (χ2n) is 6.63. The van der Waals surface area contributed by atoms with Gasteiger partial charge >= 0.3 is 5.97 Å². The predicted octanol–water partition coefficient (Wildman–Crippen LogP) is 1.83. The van der Waals surface area contributed by atoms with Gasteiger partial charge < -0.3 is 19.4 Å². The zero-order valence-electron chi connectivity index (χ0n) is 15.5. The molecule has 3 rings (SSSR count). The Balaban J connectivity index is 1.41. The Morgan fingerprint density at radius 3 is 2.44 bits per heavy atom. The van der Waals surface area contributed by atoms with Gasteiger partial charge in [0.05, 0.1) is 6.42 Å². The molecule has 0 aromatic heterocycles. The van der Waals surface area contributed by atoms with Crippen LogP contribution >= 0.6 is 11.8 Å². The van der Waals surface area contributed by atoms with Crippen LogP contribution in [-0.2, 0) is 14.3 Å². The molecule has 1 aromatic carbocycles. The minimum Gasteiger partial charge on any atom is -0.452 e. The molecule has 0 saturated carbocycles. The second kappa shape index (κ2) is 9.12. The fraction of sp³-hybridized carbons (Fsp3) is 0.526. The number of nitrogens with zero attached hydrogens (tertiary/aromatic N) is 3. The van der Waals surface area contributed by atoms with Crippen LogP contribution in [0, 0.1) is 0 Å². The van der Waals surface area contributed by atoms with Gasteiger partial charge in [-0.1, -0.05) is 30.0 Å². The number of para-hydroxylation sites is 1. The van der Waals surface area contributed by atoms with Gasteiger partial charge in [-0.3, -0.25) is 14.4 Å². The van der Waals surface area contributed by atoms with E-state index >= 15 is 0 Å². The molecule has 2 aliphatic rings. The molecule has 2 fully saturated rings. The van der Waals surface area contributed by atoms with Gasteiger partial charge in [-0.2, -0.15) is 0 Å². The Labute approximate surface area is 163 Å². The number of ether oxygens (including phenoxy) is 1. The summed E-state index contributed by atoms with van der Waals surface area (Å²) in [4.78, 5) is 41.7. The number of rotatable bonds is 6. The van der Waals surface area contributed by atoms with Crippen LogP contribution in [0.2, 0.25) is 0 Å². The van der Waals surface area contributed by atoms with Crippen LogP contribution in [0.4, 0.5) is 10.5 Å². The first kappa shape index (κ1) is 19.5. The number of thioether (sulfide) groups is 1. The maximum Gasteiger partial charge on any atom is 0.308 e. The lowest BCUT2D eigenvalue weighted by molar-refractivity contribution is -0.159. The monoisotopic (exact) mass is 391 g/mol. The van der Waals surface area contributed by atoms with Crippen LogP contribution in [0.25, 0.3) is 0 Å². The van der Waals surface area contributed by atoms with E-state index in [0.717, 1.165) is 24.5 Å². The van der Waals surface area contributed by atoms with Gasteiger partial charge in [0.15, 0.2) is 6.10 Å². The lowest BCUT2D eigenvalue weighted by atomic mass is 10.2. The van der Waals surface area contributed by atoms with E-state index in [1.54, 1.807) is 16.7 Å². The fourth-order valence-corrected chi connectivity index (χ4v) is 4.09. The summed E-state index contributed by atoms with van der Waals surface area (Å²) in [6.45, 7) is 5.35. The molecule has 7 nitrogen and oxygen atoms in total. The third-order valence-corrected chi connectivity index (χ3v) is 5.69. The van der Waals surface area contributed by atoms with Gasteiger partial charge in [-0.25, -0.2) is 0 Å². The highest BCUT2D eigenvalue weighted by atomic mass is 32.2. The maximum absolute atomic E-state index is 12.6. The van der Waals surface area contributed by atoms with Crippen molar-refractivity contribution in [1.82, 2.24) is 9.80 Å². The van der Waals surface area contributed by atoms with Crippen molar-refractivity contribution < 1.29 is 19.1 Å². The summed E-state index contributed by atoms with van der Waals surface area (Å²) in [6, 6.07) is 10.1. The molecular weight excluding hydrogens is 366 g/mol. The molecule has 1 unspecified atom stereocenters. The summed E-state index contributed by atoms with van der Waals surface area (Å²) in [7, 11) is 0. The molecule has 2 heterocycles. The molecule has 0 spiro atoms. The number of piperazine rings is 1. The highest BCUT2D eigenvalue weighted by Crippen LogP contribution is 2.18. The highest BCUT2D eigenvalue weighted by molar-refractivity contribution is 8.13. The molecule has 1 atom stereocenters. The van der Waals surface area contributed by atoms with Gasteiger partial charge in [0, 0.05) is 50.7 Å². The largest absolute Gasteiger partial charge is 0.452 e. The normalized spacial score (nSPS) is 18.6. The maximum atomic E-state index is 12.6. The van der Waals surface area contributed by atoms with Gasteiger partial charge in [0.25, 0.3) is 11.1 Å². The summed E-state index contributed by atoms with van der Waals surface area (Å²) in [5.41, 5.74) is 1.15. The van der Waals surface area contributed by atoms with Crippen molar-refractivity contribution >= 4 is 34.6 Å². The summed E-state index contributed by atoms with van der Waals surface area (Å²) in [6.07, 6.45) is -0.685. The molecule has 0 bridgehead atoms. The molecule has 27 heavy (non-hydrogen) atoms. The van der Waals surface area contributed by atoms with Crippen LogP contribution in [0.5, 0.6) is 0 Å². The van der Waals surface area contributed by atoms with Gasteiger partial charge in [-0.15, -0.1) is 0 Å². The number of anilines is 1. The predicted molar refractivity (Wildman–Crippen MR) is 105 cm³/mol. The van der Waals surface area contributed by atoms with E-state index in [1.807, 2.05) is 18.2 Å².